The zero-order valence-corrected chi connectivity index (χ0v) is 32.5. The Bertz CT molecular complexity index is 2790. The fraction of sp³-hybridized carbons (Fsp3) is 0.127. The summed E-state index contributed by atoms with van der Waals surface area (Å²) in [4.78, 5) is 4.78. The lowest BCUT2D eigenvalue weighted by molar-refractivity contribution is 0.320. The molecule has 0 N–H and O–H groups in total. The summed E-state index contributed by atoms with van der Waals surface area (Å²) in [7, 11) is 0. The molecule has 2 aliphatic carbocycles. The second kappa shape index (κ2) is 14.3. The van der Waals surface area contributed by atoms with Gasteiger partial charge in [-0.3, -0.25) is 0 Å². The Morgan fingerprint density at radius 2 is 0.845 bits per heavy atom. The lowest BCUT2D eigenvalue weighted by Crippen LogP contribution is -2.34. The highest BCUT2D eigenvalue weighted by atomic mass is 15.1. The molecule has 3 heteroatoms. The maximum absolute atomic E-state index is 2.44. The van der Waals surface area contributed by atoms with E-state index in [1.165, 1.54) is 70.0 Å². The van der Waals surface area contributed by atoms with Gasteiger partial charge in [-0.1, -0.05) is 128 Å². The van der Waals surface area contributed by atoms with Gasteiger partial charge in [0.1, 0.15) is 0 Å². The van der Waals surface area contributed by atoms with Crippen LogP contribution in [0.4, 0.5) is 34.1 Å². The predicted molar refractivity (Wildman–Crippen MR) is 243 cm³/mol. The van der Waals surface area contributed by atoms with Crippen LogP contribution in [0.2, 0.25) is 0 Å². The number of fused-ring (bicyclic) bond motifs is 5. The van der Waals surface area contributed by atoms with Crippen LogP contribution in [0.5, 0.6) is 0 Å². The first-order valence-corrected chi connectivity index (χ1v) is 20.8. The molecule has 280 valence electrons. The van der Waals surface area contributed by atoms with Crippen LogP contribution in [0.3, 0.4) is 0 Å². The van der Waals surface area contributed by atoms with E-state index in [0.717, 1.165) is 34.4 Å². The molecule has 9 aromatic rings. The highest BCUT2D eigenvalue weighted by molar-refractivity contribution is 6.10. The highest BCUT2D eigenvalue weighted by Crippen LogP contribution is 2.60. The summed E-state index contributed by atoms with van der Waals surface area (Å²) in [6.07, 6.45) is 5.16. The first kappa shape index (κ1) is 34.4. The van der Waals surface area contributed by atoms with Crippen molar-refractivity contribution in [1.82, 2.24) is 4.57 Å². The van der Waals surface area contributed by atoms with Gasteiger partial charge in [-0.25, -0.2) is 0 Å². The van der Waals surface area contributed by atoms with Crippen LogP contribution >= 0.6 is 0 Å². The minimum atomic E-state index is -0.00257. The number of rotatable bonds is 9. The molecule has 0 amide bonds. The summed E-state index contributed by atoms with van der Waals surface area (Å²) in [5.41, 5.74) is 13.4. The predicted octanol–water partition coefficient (Wildman–Crippen LogP) is 14.8. The van der Waals surface area contributed by atoms with E-state index in [1.54, 1.807) is 0 Å². The van der Waals surface area contributed by atoms with Gasteiger partial charge in [0.2, 0.25) is 0 Å². The van der Waals surface area contributed by atoms with Gasteiger partial charge in [0.15, 0.2) is 0 Å². The maximum atomic E-state index is 2.44. The molecule has 0 spiro atoms. The Morgan fingerprint density at radius 3 is 1.36 bits per heavy atom. The van der Waals surface area contributed by atoms with Crippen LogP contribution in [0, 0.1) is 11.8 Å². The fourth-order valence-corrected chi connectivity index (χ4v) is 10.6. The molecule has 3 atom stereocenters. The number of aromatic nitrogens is 1. The third-order valence-electron chi connectivity index (χ3n) is 13.1. The van der Waals surface area contributed by atoms with E-state index in [4.69, 9.17) is 0 Å². The van der Waals surface area contributed by atoms with Crippen LogP contribution in [0.25, 0.3) is 27.5 Å². The van der Waals surface area contributed by atoms with Crippen molar-refractivity contribution in [3.63, 3.8) is 0 Å². The summed E-state index contributed by atoms with van der Waals surface area (Å²) in [5.74, 6) is 1.42. The Labute approximate surface area is 341 Å². The Kier molecular flexibility index (Phi) is 8.47. The largest absolute Gasteiger partial charge is 0.311 e. The standard InChI is InChI=1S/C55H45N3/c1-5-15-44(16-6-1)56(45-17-7-2-8-18-45)48-31-27-41(28-32-48)55(39-40-25-26-43(55)37-40)42-29-33-49(34-30-42)57(46-19-9-3-10-20-46)50-35-36-52-51-23-13-14-24-53(51)58(54(52)38-50)47-21-11-4-12-22-47/h1-24,27-36,38,40,43H,25-26,37,39H2. The summed E-state index contributed by atoms with van der Waals surface area (Å²) in [5, 5.41) is 2.52. The lowest BCUT2D eigenvalue weighted by Gasteiger charge is -2.40. The van der Waals surface area contributed by atoms with E-state index in [1.807, 2.05) is 0 Å². The molecule has 2 fully saturated rings. The highest BCUT2D eigenvalue weighted by Gasteiger charge is 2.52. The van der Waals surface area contributed by atoms with Crippen molar-refractivity contribution in [2.75, 3.05) is 9.80 Å². The quantitative estimate of drug-likeness (QED) is 0.146. The van der Waals surface area contributed by atoms with Crippen LogP contribution in [-0.2, 0) is 5.41 Å². The molecule has 2 aliphatic rings. The second-order valence-electron chi connectivity index (χ2n) is 16.2. The maximum Gasteiger partial charge on any atom is 0.0561 e. The van der Waals surface area contributed by atoms with Crippen LogP contribution in [-0.4, -0.2) is 4.57 Å². The Hall–Kier alpha value is -6.84. The van der Waals surface area contributed by atoms with Gasteiger partial charge in [-0.15, -0.1) is 0 Å². The molecule has 1 aromatic heterocycles. The summed E-state index contributed by atoms with van der Waals surface area (Å²) in [6, 6.07) is 77.9. The van der Waals surface area contributed by atoms with E-state index in [9.17, 15) is 0 Å². The van der Waals surface area contributed by atoms with Gasteiger partial charge in [0.05, 0.1) is 11.0 Å². The van der Waals surface area contributed by atoms with E-state index in [0.29, 0.717) is 5.92 Å². The number of nitrogens with zero attached hydrogens (tertiary/aromatic N) is 3. The van der Waals surface area contributed by atoms with E-state index in [-0.39, 0.29) is 5.41 Å². The van der Waals surface area contributed by atoms with Crippen molar-refractivity contribution in [3.05, 3.63) is 223 Å². The van der Waals surface area contributed by atoms with E-state index >= 15 is 0 Å². The fourth-order valence-electron chi connectivity index (χ4n) is 10.6. The average Bonchev–Trinajstić information content (AvgIpc) is 4.01. The monoisotopic (exact) mass is 747 g/mol. The molecule has 3 unspecified atom stereocenters. The van der Waals surface area contributed by atoms with Gasteiger partial charge in [-0.05, 0) is 133 Å². The zero-order chi connectivity index (χ0) is 38.5. The van der Waals surface area contributed by atoms with Gasteiger partial charge in [-0.2, -0.15) is 0 Å². The third kappa shape index (κ3) is 5.72. The first-order valence-electron chi connectivity index (χ1n) is 20.8. The van der Waals surface area contributed by atoms with Crippen molar-refractivity contribution in [1.29, 1.82) is 0 Å². The Balaban J connectivity index is 1.00. The van der Waals surface area contributed by atoms with Crippen LogP contribution in [0.1, 0.15) is 36.8 Å². The van der Waals surface area contributed by atoms with E-state index in [2.05, 4.69) is 227 Å². The van der Waals surface area contributed by atoms with Crippen LogP contribution in [0.15, 0.2) is 212 Å². The minimum Gasteiger partial charge on any atom is -0.311 e. The minimum absolute atomic E-state index is 0.00257. The third-order valence-corrected chi connectivity index (χ3v) is 13.1. The van der Waals surface area contributed by atoms with Crippen molar-refractivity contribution in [2.24, 2.45) is 11.8 Å². The molecule has 2 saturated carbocycles. The number of para-hydroxylation sites is 5. The molecule has 2 bridgehead atoms. The zero-order valence-electron chi connectivity index (χ0n) is 32.5. The number of hydrogen-bond donors (Lipinski definition) is 0. The van der Waals surface area contributed by atoms with Gasteiger partial charge in [0.25, 0.3) is 0 Å². The van der Waals surface area contributed by atoms with Crippen molar-refractivity contribution < 1.29 is 0 Å². The van der Waals surface area contributed by atoms with Crippen molar-refractivity contribution in [2.45, 2.75) is 31.1 Å². The number of anilines is 6. The molecule has 0 radical (unpaired) electrons. The topological polar surface area (TPSA) is 11.4 Å². The molecule has 3 nitrogen and oxygen atoms in total. The van der Waals surface area contributed by atoms with Gasteiger partial charge >= 0.3 is 0 Å². The average molecular weight is 748 g/mol. The molecule has 8 aromatic carbocycles. The molecule has 58 heavy (non-hydrogen) atoms. The summed E-state index contributed by atoms with van der Waals surface area (Å²) >= 11 is 0. The van der Waals surface area contributed by atoms with Crippen molar-refractivity contribution >= 4 is 55.9 Å². The normalized spacial score (nSPS) is 18.5. The van der Waals surface area contributed by atoms with Gasteiger partial charge in [0, 0.05) is 56.0 Å². The number of hydrogen-bond acceptors (Lipinski definition) is 2. The van der Waals surface area contributed by atoms with Gasteiger partial charge < -0.3 is 14.4 Å². The molecular formula is C55H45N3. The lowest BCUT2D eigenvalue weighted by atomic mass is 9.64. The second-order valence-corrected chi connectivity index (χ2v) is 16.2. The Morgan fingerprint density at radius 1 is 0.397 bits per heavy atom. The molecule has 0 saturated heterocycles. The molecule has 1 heterocycles. The molecule has 11 rings (SSSR count). The van der Waals surface area contributed by atoms with Crippen molar-refractivity contribution in [3.8, 4) is 5.69 Å². The smallest absolute Gasteiger partial charge is 0.0561 e. The van der Waals surface area contributed by atoms with Crippen LogP contribution < -0.4 is 9.80 Å². The molecular weight excluding hydrogens is 703 g/mol. The summed E-state index contributed by atoms with van der Waals surface area (Å²) in [6.45, 7) is 0. The first-order chi connectivity index (χ1) is 28.7. The summed E-state index contributed by atoms with van der Waals surface area (Å²) < 4.78 is 2.41. The van der Waals surface area contributed by atoms with E-state index < -0.39 is 0 Å². The number of benzene rings is 8. The molecule has 0 aliphatic heterocycles. The SMILES string of the molecule is c1ccc(N(c2ccccc2)c2ccc(C3(c4ccc(N(c5ccccc5)c5ccc6c7ccccc7n(-c7ccccc7)c6c5)cc4)CC4CCC3C4)cc2)cc1.